The Morgan fingerprint density at radius 1 is 0.893 bits per heavy atom. The van der Waals surface area contributed by atoms with E-state index in [4.69, 9.17) is 9.47 Å². The predicted molar refractivity (Wildman–Crippen MR) is 111 cm³/mol. The fourth-order valence-corrected chi connectivity index (χ4v) is 7.49. The normalized spacial score (nSPS) is 37.6. The van der Waals surface area contributed by atoms with Crippen LogP contribution in [0.15, 0.2) is 42.5 Å². The monoisotopic (exact) mass is 374 g/mol. The van der Waals surface area contributed by atoms with Gasteiger partial charge < -0.3 is 9.47 Å². The summed E-state index contributed by atoms with van der Waals surface area (Å²) in [7, 11) is 1.84. The van der Waals surface area contributed by atoms with Gasteiger partial charge >= 0.3 is 0 Å². The minimum absolute atomic E-state index is 0.0834. The van der Waals surface area contributed by atoms with Gasteiger partial charge in [-0.1, -0.05) is 30.3 Å². The molecule has 0 amide bonds. The molecule has 146 valence electrons. The maximum atomic E-state index is 6.08. The molecule has 1 aliphatic heterocycles. The molecule has 4 bridgehead atoms. The highest BCUT2D eigenvalue weighted by Crippen LogP contribution is 2.62. The van der Waals surface area contributed by atoms with E-state index < -0.39 is 0 Å². The minimum atomic E-state index is -0.0834. The molecule has 5 aliphatic rings. The third kappa shape index (κ3) is 2.27. The number of hydrogen-bond donors (Lipinski definition) is 0. The number of fused-ring (bicyclic) bond motifs is 1. The lowest BCUT2D eigenvalue weighted by atomic mass is 9.48. The van der Waals surface area contributed by atoms with Gasteiger partial charge in [0, 0.05) is 11.1 Å². The van der Waals surface area contributed by atoms with Gasteiger partial charge in [-0.25, -0.2) is 0 Å². The maximum Gasteiger partial charge on any atom is 0.123 e. The first kappa shape index (κ1) is 16.9. The molecule has 0 N–H and O–H groups in total. The van der Waals surface area contributed by atoms with E-state index in [0.29, 0.717) is 5.41 Å². The van der Waals surface area contributed by atoms with E-state index in [9.17, 15) is 0 Å². The molecule has 2 aromatic carbocycles. The van der Waals surface area contributed by atoms with Gasteiger partial charge in [-0.3, -0.25) is 0 Å². The van der Waals surface area contributed by atoms with Crippen molar-refractivity contribution in [1.82, 2.24) is 0 Å². The molecule has 4 saturated carbocycles. The van der Waals surface area contributed by atoms with Crippen LogP contribution < -0.4 is 9.47 Å². The summed E-state index contributed by atoms with van der Waals surface area (Å²) in [5.41, 5.74) is 4.43. The molecule has 2 aromatic rings. The molecule has 7 rings (SSSR count). The quantitative estimate of drug-likeness (QED) is 0.670. The van der Waals surface area contributed by atoms with E-state index >= 15 is 0 Å². The van der Waals surface area contributed by atoms with Crippen LogP contribution in [0.2, 0.25) is 0 Å². The molecule has 4 aliphatic carbocycles. The molecule has 4 fully saturated rings. The highest BCUT2D eigenvalue weighted by atomic mass is 16.5. The zero-order valence-electron chi connectivity index (χ0n) is 17.0. The number of benzene rings is 2. The number of ether oxygens (including phenoxy) is 2. The van der Waals surface area contributed by atoms with Crippen LogP contribution >= 0.6 is 0 Å². The smallest absolute Gasteiger partial charge is 0.123 e. The molecule has 0 spiro atoms. The Morgan fingerprint density at radius 2 is 1.57 bits per heavy atom. The van der Waals surface area contributed by atoms with Gasteiger partial charge in [0.05, 0.1) is 12.5 Å². The zero-order chi connectivity index (χ0) is 18.9. The standard InChI is InChI=1S/C26H30O2/c1-25(16-28-24-6-4-3-5-21(24)25)20-7-8-23(27-2)22(12-20)26-13-17-9-18(14-26)11-19(10-17)15-26/h3-8,12,17-19H,9-11,13-16H2,1-2H3. The third-order valence-corrected chi connectivity index (χ3v) is 8.44. The van der Waals surface area contributed by atoms with Crippen molar-refractivity contribution >= 4 is 0 Å². The van der Waals surface area contributed by atoms with Crippen molar-refractivity contribution < 1.29 is 9.47 Å². The van der Waals surface area contributed by atoms with E-state index in [1.54, 1.807) is 0 Å². The molecule has 28 heavy (non-hydrogen) atoms. The number of para-hydroxylation sites is 1. The Hall–Kier alpha value is -1.96. The second-order valence-electron chi connectivity index (χ2n) is 10.2. The van der Waals surface area contributed by atoms with Gasteiger partial charge in [0.1, 0.15) is 18.1 Å². The van der Waals surface area contributed by atoms with Crippen LogP contribution in [0.5, 0.6) is 11.5 Å². The van der Waals surface area contributed by atoms with Gasteiger partial charge in [-0.15, -0.1) is 0 Å². The molecule has 0 saturated heterocycles. The summed E-state index contributed by atoms with van der Waals surface area (Å²) in [6.45, 7) is 3.06. The van der Waals surface area contributed by atoms with Gasteiger partial charge in [0.15, 0.2) is 0 Å². The van der Waals surface area contributed by atoms with Gasteiger partial charge in [0.25, 0.3) is 0 Å². The highest BCUT2D eigenvalue weighted by Gasteiger charge is 2.53. The molecule has 1 unspecified atom stereocenters. The Balaban J connectivity index is 1.47. The molecular formula is C26H30O2. The van der Waals surface area contributed by atoms with Crippen molar-refractivity contribution in [3.05, 3.63) is 59.2 Å². The number of methoxy groups -OCH3 is 1. The minimum Gasteiger partial charge on any atom is -0.496 e. The summed E-state index contributed by atoms with van der Waals surface area (Å²) in [6, 6.07) is 15.5. The summed E-state index contributed by atoms with van der Waals surface area (Å²) < 4.78 is 12.0. The fourth-order valence-electron chi connectivity index (χ4n) is 7.49. The van der Waals surface area contributed by atoms with Gasteiger partial charge in [-0.05, 0) is 86.3 Å². The van der Waals surface area contributed by atoms with Crippen molar-refractivity contribution in [1.29, 1.82) is 0 Å². The number of rotatable bonds is 3. The summed E-state index contributed by atoms with van der Waals surface area (Å²) in [5, 5.41) is 0. The molecule has 2 heteroatoms. The maximum absolute atomic E-state index is 6.08. The van der Waals surface area contributed by atoms with E-state index in [1.165, 1.54) is 55.2 Å². The SMILES string of the molecule is COc1ccc(C2(C)COc3ccccc32)cc1C12CC3CC(CC(C3)C1)C2. The van der Waals surface area contributed by atoms with Crippen LogP contribution in [0, 0.1) is 17.8 Å². The topological polar surface area (TPSA) is 18.5 Å². The average molecular weight is 375 g/mol. The van der Waals surface area contributed by atoms with Crippen molar-refractivity contribution in [2.24, 2.45) is 17.8 Å². The van der Waals surface area contributed by atoms with Gasteiger partial charge in [-0.2, -0.15) is 0 Å². The molecule has 0 radical (unpaired) electrons. The van der Waals surface area contributed by atoms with Crippen LogP contribution in [0.1, 0.15) is 62.1 Å². The lowest BCUT2D eigenvalue weighted by Crippen LogP contribution is -2.48. The highest BCUT2D eigenvalue weighted by molar-refractivity contribution is 5.54. The lowest BCUT2D eigenvalue weighted by molar-refractivity contribution is -0.00621. The first-order chi connectivity index (χ1) is 13.6. The second-order valence-corrected chi connectivity index (χ2v) is 10.2. The summed E-state index contributed by atoms with van der Waals surface area (Å²) in [5.74, 6) is 4.95. The summed E-state index contributed by atoms with van der Waals surface area (Å²) >= 11 is 0. The molecule has 1 atom stereocenters. The molecule has 2 nitrogen and oxygen atoms in total. The lowest BCUT2D eigenvalue weighted by Gasteiger charge is -2.57. The van der Waals surface area contributed by atoms with Crippen molar-refractivity contribution in [3.63, 3.8) is 0 Å². The zero-order valence-corrected chi connectivity index (χ0v) is 17.0. The van der Waals surface area contributed by atoms with Crippen LogP contribution in [0.3, 0.4) is 0 Å². The molecule has 0 aromatic heterocycles. The van der Waals surface area contributed by atoms with Crippen molar-refractivity contribution in [2.45, 2.75) is 56.3 Å². The van der Waals surface area contributed by atoms with Crippen LogP contribution in [-0.2, 0) is 10.8 Å². The van der Waals surface area contributed by atoms with Gasteiger partial charge in [0.2, 0.25) is 0 Å². The van der Waals surface area contributed by atoms with E-state index in [2.05, 4.69) is 49.4 Å². The van der Waals surface area contributed by atoms with E-state index in [1.807, 2.05) is 7.11 Å². The fraction of sp³-hybridized carbons (Fsp3) is 0.538. The summed E-state index contributed by atoms with van der Waals surface area (Å²) in [6.07, 6.45) is 8.51. The molecular weight excluding hydrogens is 344 g/mol. The molecule has 1 heterocycles. The Morgan fingerprint density at radius 3 is 2.25 bits per heavy atom. The first-order valence-electron chi connectivity index (χ1n) is 11.0. The predicted octanol–water partition coefficient (Wildman–Crippen LogP) is 5.86. The summed E-state index contributed by atoms with van der Waals surface area (Å²) in [4.78, 5) is 0. The van der Waals surface area contributed by atoms with Crippen molar-refractivity contribution in [3.8, 4) is 11.5 Å². The van der Waals surface area contributed by atoms with E-state index in [-0.39, 0.29) is 5.41 Å². The Labute approximate surface area is 168 Å². The second kappa shape index (κ2) is 5.78. The van der Waals surface area contributed by atoms with E-state index in [0.717, 1.165) is 35.9 Å². The Kier molecular flexibility index (Phi) is 3.50. The van der Waals surface area contributed by atoms with Crippen LogP contribution in [0.4, 0.5) is 0 Å². The number of hydrogen-bond acceptors (Lipinski definition) is 2. The third-order valence-electron chi connectivity index (χ3n) is 8.44. The Bertz CT molecular complexity index is 894. The largest absolute Gasteiger partial charge is 0.496 e. The average Bonchev–Trinajstić information content (AvgIpc) is 3.05. The van der Waals surface area contributed by atoms with Crippen LogP contribution in [-0.4, -0.2) is 13.7 Å². The van der Waals surface area contributed by atoms with Crippen LogP contribution in [0.25, 0.3) is 0 Å². The first-order valence-corrected chi connectivity index (χ1v) is 11.0. The van der Waals surface area contributed by atoms with Crippen molar-refractivity contribution in [2.75, 3.05) is 13.7 Å².